The van der Waals surface area contributed by atoms with Crippen LogP contribution in [0.1, 0.15) is 43.2 Å². The van der Waals surface area contributed by atoms with Crippen LogP contribution < -0.4 is 14.3 Å². The van der Waals surface area contributed by atoms with Gasteiger partial charge in [0.15, 0.2) is 0 Å². The second kappa shape index (κ2) is 10.3. The highest BCUT2D eigenvalue weighted by Gasteiger charge is 2.16. The molecule has 0 amide bonds. The van der Waals surface area contributed by atoms with Gasteiger partial charge in [0.1, 0.15) is 11.5 Å². The quantitative estimate of drug-likeness (QED) is 0.487. The number of hydrogen-bond donors (Lipinski definition) is 0. The van der Waals surface area contributed by atoms with Gasteiger partial charge in [-0.25, -0.2) is 4.68 Å². The van der Waals surface area contributed by atoms with Gasteiger partial charge >= 0.3 is 0 Å². The molecule has 1 aliphatic carbocycles. The lowest BCUT2D eigenvalue weighted by Gasteiger charge is -2.17. The summed E-state index contributed by atoms with van der Waals surface area (Å²) in [5.74, 6) is 1.50. The molecule has 0 aliphatic heterocycles. The minimum Gasteiger partial charge on any atom is -0.497 e. The molecule has 2 aromatic carbocycles. The first-order valence-corrected chi connectivity index (χ1v) is 11.6. The van der Waals surface area contributed by atoms with Gasteiger partial charge < -0.3 is 9.47 Å². The highest BCUT2D eigenvalue weighted by atomic mass is 32.1. The van der Waals surface area contributed by atoms with E-state index in [0.717, 1.165) is 46.0 Å². The summed E-state index contributed by atoms with van der Waals surface area (Å²) < 4.78 is 13.0. The molecule has 1 heterocycles. The van der Waals surface area contributed by atoms with Crippen molar-refractivity contribution in [2.45, 2.75) is 38.1 Å². The first-order valence-electron chi connectivity index (χ1n) is 10.7. The van der Waals surface area contributed by atoms with E-state index in [9.17, 15) is 0 Å². The predicted molar refractivity (Wildman–Crippen MR) is 127 cm³/mol. The van der Waals surface area contributed by atoms with Gasteiger partial charge in [-0.05, 0) is 48.7 Å². The molecule has 32 heavy (non-hydrogen) atoms. The third-order valence-corrected chi connectivity index (χ3v) is 6.43. The SMILES string of the molecule is COc1ccc(OC)c(-c2csc(=NC3CCCCC3)n2/N=C/c2ccc(C#N)cc2)c1. The van der Waals surface area contributed by atoms with Crippen molar-refractivity contribution in [3.8, 4) is 28.8 Å². The van der Waals surface area contributed by atoms with Crippen molar-refractivity contribution in [2.75, 3.05) is 14.2 Å². The zero-order chi connectivity index (χ0) is 22.3. The van der Waals surface area contributed by atoms with Gasteiger partial charge in [0.05, 0.1) is 43.8 Å². The van der Waals surface area contributed by atoms with Crippen LogP contribution in [0, 0.1) is 11.3 Å². The van der Waals surface area contributed by atoms with E-state index in [0.29, 0.717) is 11.6 Å². The first kappa shape index (κ1) is 21.8. The number of nitrogens with zero attached hydrogens (tertiary/aromatic N) is 4. The first-order chi connectivity index (χ1) is 15.7. The molecule has 6 nitrogen and oxygen atoms in total. The molecule has 0 bridgehead atoms. The summed E-state index contributed by atoms with van der Waals surface area (Å²) in [7, 11) is 3.31. The number of hydrogen-bond acceptors (Lipinski definition) is 6. The Hall–Kier alpha value is -3.37. The average molecular weight is 447 g/mol. The van der Waals surface area contributed by atoms with E-state index in [1.54, 1.807) is 43.9 Å². The molecule has 1 aliphatic rings. The number of aromatic nitrogens is 1. The number of methoxy groups -OCH3 is 2. The lowest BCUT2D eigenvalue weighted by molar-refractivity contribution is 0.404. The summed E-state index contributed by atoms with van der Waals surface area (Å²) >= 11 is 1.58. The third kappa shape index (κ3) is 4.92. The van der Waals surface area contributed by atoms with E-state index in [1.807, 2.05) is 35.0 Å². The average Bonchev–Trinajstić information content (AvgIpc) is 3.25. The molecule has 0 radical (unpaired) electrons. The van der Waals surface area contributed by atoms with Crippen molar-refractivity contribution in [3.05, 3.63) is 63.8 Å². The van der Waals surface area contributed by atoms with E-state index in [1.165, 1.54) is 19.3 Å². The van der Waals surface area contributed by atoms with Crippen LogP contribution in [-0.4, -0.2) is 31.2 Å². The van der Waals surface area contributed by atoms with Gasteiger partial charge in [-0.15, -0.1) is 11.3 Å². The van der Waals surface area contributed by atoms with E-state index in [4.69, 9.17) is 24.8 Å². The topological polar surface area (TPSA) is 71.9 Å². The van der Waals surface area contributed by atoms with Crippen molar-refractivity contribution >= 4 is 17.6 Å². The van der Waals surface area contributed by atoms with E-state index in [-0.39, 0.29) is 0 Å². The van der Waals surface area contributed by atoms with Crippen LogP contribution in [0.3, 0.4) is 0 Å². The molecule has 0 atom stereocenters. The van der Waals surface area contributed by atoms with E-state index >= 15 is 0 Å². The Balaban J connectivity index is 1.81. The molecule has 1 aromatic heterocycles. The third-order valence-electron chi connectivity index (χ3n) is 5.60. The minimum absolute atomic E-state index is 0.332. The maximum absolute atomic E-state index is 9.03. The molecular formula is C25H26N4O2S. The Morgan fingerprint density at radius 3 is 2.53 bits per heavy atom. The molecule has 3 aromatic rings. The highest BCUT2D eigenvalue weighted by molar-refractivity contribution is 7.07. The zero-order valence-corrected chi connectivity index (χ0v) is 19.1. The summed E-state index contributed by atoms with van der Waals surface area (Å²) in [5, 5.41) is 15.9. The number of thiazole rings is 1. The van der Waals surface area contributed by atoms with Gasteiger partial charge in [0, 0.05) is 10.9 Å². The predicted octanol–water partition coefficient (Wildman–Crippen LogP) is 5.22. The summed E-state index contributed by atoms with van der Waals surface area (Å²) in [4.78, 5) is 5.92. The van der Waals surface area contributed by atoms with Crippen molar-refractivity contribution in [2.24, 2.45) is 10.1 Å². The van der Waals surface area contributed by atoms with Gasteiger partial charge in [0.2, 0.25) is 4.80 Å². The van der Waals surface area contributed by atoms with Crippen LogP contribution in [0.2, 0.25) is 0 Å². The van der Waals surface area contributed by atoms with Crippen LogP contribution in [0.5, 0.6) is 11.5 Å². The van der Waals surface area contributed by atoms with Crippen LogP contribution in [0.25, 0.3) is 11.3 Å². The van der Waals surface area contributed by atoms with E-state index < -0.39 is 0 Å². The molecular weight excluding hydrogens is 420 g/mol. The fourth-order valence-corrected chi connectivity index (χ4v) is 4.73. The lowest BCUT2D eigenvalue weighted by atomic mass is 9.96. The number of nitriles is 1. The summed E-state index contributed by atoms with van der Waals surface area (Å²) in [5.41, 5.74) is 3.32. The van der Waals surface area contributed by atoms with Gasteiger partial charge in [-0.3, -0.25) is 4.99 Å². The van der Waals surface area contributed by atoms with Crippen LogP contribution in [0.15, 0.2) is 57.9 Å². The minimum atomic E-state index is 0.332. The molecule has 164 valence electrons. The Morgan fingerprint density at radius 2 is 1.84 bits per heavy atom. The summed E-state index contributed by atoms with van der Waals surface area (Å²) in [6.45, 7) is 0. The van der Waals surface area contributed by atoms with Gasteiger partial charge in [-0.1, -0.05) is 31.4 Å². The molecule has 4 rings (SSSR count). The molecule has 7 heteroatoms. The fraction of sp³-hybridized carbons (Fsp3) is 0.320. The zero-order valence-electron chi connectivity index (χ0n) is 18.3. The highest BCUT2D eigenvalue weighted by Crippen LogP contribution is 2.34. The largest absolute Gasteiger partial charge is 0.497 e. The van der Waals surface area contributed by atoms with Crippen LogP contribution in [0.4, 0.5) is 0 Å². The van der Waals surface area contributed by atoms with Crippen LogP contribution >= 0.6 is 11.3 Å². The smallest absolute Gasteiger partial charge is 0.206 e. The number of rotatable bonds is 6. The lowest BCUT2D eigenvalue weighted by Crippen LogP contribution is -2.19. The maximum atomic E-state index is 9.03. The second-order valence-corrected chi connectivity index (χ2v) is 8.52. The summed E-state index contributed by atoms with van der Waals surface area (Å²) in [6.07, 6.45) is 7.78. The standard InChI is InChI=1S/C25H26N4O2S/c1-30-21-12-13-24(31-2)22(14-21)23-17-32-25(28-20-6-4-3-5-7-20)29(23)27-16-19-10-8-18(15-26)9-11-19/h8-14,16-17,20H,3-7H2,1-2H3/b27-16+,28-25?. The van der Waals surface area contributed by atoms with Crippen molar-refractivity contribution < 1.29 is 9.47 Å². The Labute approximate surface area is 192 Å². The maximum Gasteiger partial charge on any atom is 0.206 e. The summed E-state index contributed by atoms with van der Waals surface area (Å²) in [6, 6.07) is 15.6. The van der Waals surface area contributed by atoms with Gasteiger partial charge in [0.25, 0.3) is 0 Å². The Bertz CT molecular complexity index is 1200. The Morgan fingerprint density at radius 1 is 1.06 bits per heavy atom. The second-order valence-electron chi connectivity index (χ2n) is 7.68. The number of ether oxygens (including phenoxy) is 2. The molecule has 0 unspecified atom stereocenters. The normalized spacial score (nSPS) is 15.1. The van der Waals surface area contributed by atoms with Crippen molar-refractivity contribution in [1.29, 1.82) is 5.26 Å². The molecule has 1 saturated carbocycles. The molecule has 1 fully saturated rings. The molecule has 0 N–H and O–H groups in total. The Kier molecular flexibility index (Phi) is 7.03. The molecule has 0 saturated heterocycles. The number of benzene rings is 2. The monoisotopic (exact) mass is 446 g/mol. The molecule has 0 spiro atoms. The van der Waals surface area contributed by atoms with E-state index in [2.05, 4.69) is 11.4 Å². The fourth-order valence-electron chi connectivity index (χ4n) is 3.83. The van der Waals surface area contributed by atoms with Crippen LogP contribution in [-0.2, 0) is 0 Å². The van der Waals surface area contributed by atoms with Crippen molar-refractivity contribution in [3.63, 3.8) is 0 Å². The van der Waals surface area contributed by atoms with Gasteiger partial charge in [-0.2, -0.15) is 10.4 Å². The van der Waals surface area contributed by atoms with Crippen molar-refractivity contribution in [1.82, 2.24) is 4.68 Å².